The van der Waals surface area contributed by atoms with Crippen LogP contribution in [-0.2, 0) is 11.3 Å². The number of benzene rings is 2. The summed E-state index contributed by atoms with van der Waals surface area (Å²) in [6.07, 6.45) is 1.45. The van der Waals surface area contributed by atoms with Crippen molar-refractivity contribution in [3.8, 4) is 17.0 Å². The zero-order valence-electron chi connectivity index (χ0n) is 21.2. The van der Waals surface area contributed by atoms with E-state index in [4.69, 9.17) is 9.05 Å². The van der Waals surface area contributed by atoms with Crippen LogP contribution in [0.2, 0.25) is 0 Å². The summed E-state index contributed by atoms with van der Waals surface area (Å²) in [6.45, 7) is 3.61. The molecule has 0 bridgehead atoms. The molecule has 12 heteroatoms. The minimum atomic E-state index is -0.521. The van der Waals surface area contributed by atoms with Gasteiger partial charge in [0.1, 0.15) is 23.5 Å². The zero-order chi connectivity index (χ0) is 27.4. The van der Waals surface area contributed by atoms with Gasteiger partial charge in [-0.1, -0.05) is 22.4 Å². The fourth-order valence-electron chi connectivity index (χ4n) is 4.33. The minimum absolute atomic E-state index is 0.113. The van der Waals surface area contributed by atoms with Gasteiger partial charge in [-0.05, 0) is 36.8 Å². The van der Waals surface area contributed by atoms with Gasteiger partial charge in [0.15, 0.2) is 11.6 Å². The predicted octanol–water partition coefficient (Wildman–Crippen LogP) is 3.17. The van der Waals surface area contributed by atoms with Crippen LogP contribution in [-0.4, -0.2) is 64.9 Å². The van der Waals surface area contributed by atoms with Crippen molar-refractivity contribution in [3.63, 3.8) is 0 Å². The van der Waals surface area contributed by atoms with E-state index in [1.807, 2.05) is 4.90 Å². The number of rotatable bonds is 8. The second-order valence-corrected chi connectivity index (χ2v) is 9.15. The minimum Gasteiger partial charge on any atom is -0.507 e. The first-order chi connectivity index (χ1) is 18.9. The van der Waals surface area contributed by atoms with E-state index in [-0.39, 0.29) is 23.8 Å². The quantitative estimate of drug-likeness (QED) is 0.311. The van der Waals surface area contributed by atoms with Gasteiger partial charge in [-0.3, -0.25) is 9.59 Å². The lowest BCUT2D eigenvalue weighted by Crippen LogP contribution is -2.51. The van der Waals surface area contributed by atoms with Crippen molar-refractivity contribution in [2.45, 2.75) is 13.5 Å². The first kappa shape index (κ1) is 25.8. The maximum atomic E-state index is 15.1. The highest BCUT2D eigenvalue weighted by atomic mass is 19.1. The number of aryl methyl sites for hydroxylation is 1. The standard InChI is InChI=1S/C27H27FN6O5/c1-17-2-4-20(24(35)12-17)27(37)30-16-26(36)34-9-7-33(8-10-34)23-5-3-18(13-21(23)28)22-14-19(39-31-22)15-29-25-6-11-38-32-25/h2-6,11-14,35H,7-10,15-16H2,1H3,(H,29,32)(H,30,37). The van der Waals surface area contributed by atoms with Crippen LogP contribution in [0.3, 0.4) is 0 Å². The molecule has 202 valence electrons. The SMILES string of the molecule is Cc1ccc(C(=O)NCC(=O)N2CCN(c3ccc(-c4cc(CNc5ccon5)on4)cc3F)CC2)c(O)c1. The van der Waals surface area contributed by atoms with Gasteiger partial charge in [-0.15, -0.1) is 0 Å². The van der Waals surface area contributed by atoms with Gasteiger partial charge >= 0.3 is 0 Å². The van der Waals surface area contributed by atoms with Crippen LogP contribution in [0.4, 0.5) is 15.9 Å². The number of aromatic hydroxyl groups is 1. The molecule has 11 nitrogen and oxygen atoms in total. The number of halogens is 1. The van der Waals surface area contributed by atoms with E-state index in [9.17, 15) is 14.7 Å². The highest BCUT2D eigenvalue weighted by Crippen LogP contribution is 2.27. The molecule has 1 fully saturated rings. The lowest BCUT2D eigenvalue weighted by atomic mass is 10.1. The molecule has 0 spiro atoms. The molecule has 5 rings (SSSR count). The molecule has 3 N–H and O–H groups in total. The van der Waals surface area contributed by atoms with Gasteiger partial charge < -0.3 is 34.6 Å². The molecule has 3 heterocycles. The number of hydrogen-bond donors (Lipinski definition) is 3. The third-order valence-electron chi connectivity index (χ3n) is 6.46. The zero-order valence-corrected chi connectivity index (χ0v) is 21.2. The van der Waals surface area contributed by atoms with E-state index in [2.05, 4.69) is 20.9 Å². The molecule has 1 aliphatic heterocycles. The normalized spacial score (nSPS) is 13.4. The molecule has 0 atom stereocenters. The Labute approximate surface area is 223 Å². The number of hydrogen-bond acceptors (Lipinski definition) is 9. The van der Waals surface area contributed by atoms with Crippen molar-refractivity contribution in [1.29, 1.82) is 0 Å². The summed E-state index contributed by atoms with van der Waals surface area (Å²) in [5, 5.41) is 23.3. The number of anilines is 2. The van der Waals surface area contributed by atoms with Crippen LogP contribution < -0.4 is 15.5 Å². The molecule has 1 aliphatic rings. The second-order valence-electron chi connectivity index (χ2n) is 9.15. The summed E-state index contributed by atoms with van der Waals surface area (Å²) >= 11 is 0. The number of carbonyl (C=O) groups is 2. The van der Waals surface area contributed by atoms with Gasteiger partial charge in [0.2, 0.25) is 5.91 Å². The summed E-state index contributed by atoms with van der Waals surface area (Å²) < 4.78 is 25.2. The Balaban J connectivity index is 1.12. The molecule has 2 aromatic heterocycles. The van der Waals surface area contributed by atoms with Gasteiger partial charge in [-0.25, -0.2) is 4.39 Å². The number of nitrogens with one attached hydrogen (secondary N) is 2. The first-order valence-corrected chi connectivity index (χ1v) is 12.4. The highest BCUT2D eigenvalue weighted by molar-refractivity contribution is 5.98. The number of carbonyl (C=O) groups excluding carboxylic acids is 2. The van der Waals surface area contributed by atoms with Crippen LogP contribution in [0, 0.1) is 12.7 Å². The fourth-order valence-corrected chi connectivity index (χ4v) is 4.33. The number of aromatic nitrogens is 2. The van der Waals surface area contributed by atoms with Crippen molar-refractivity contribution in [1.82, 2.24) is 20.5 Å². The van der Waals surface area contributed by atoms with Gasteiger partial charge in [0.25, 0.3) is 5.91 Å². The maximum Gasteiger partial charge on any atom is 0.255 e. The summed E-state index contributed by atoms with van der Waals surface area (Å²) in [5.41, 5.74) is 2.46. The van der Waals surface area contributed by atoms with Crippen LogP contribution in [0.15, 0.2) is 63.8 Å². The van der Waals surface area contributed by atoms with Crippen molar-refractivity contribution < 1.29 is 28.1 Å². The molecule has 0 aliphatic carbocycles. The van der Waals surface area contributed by atoms with E-state index >= 15 is 4.39 Å². The second kappa shape index (κ2) is 11.3. The summed E-state index contributed by atoms with van der Waals surface area (Å²) in [5.74, 6) is -0.173. The third-order valence-corrected chi connectivity index (χ3v) is 6.46. The van der Waals surface area contributed by atoms with Crippen molar-refractivity contribution in [3.05, 3.63) is 77.5 Å². The molecule has 1 saturated heterocycles. The smallest absolute Gasteiger partial charge is 0.255 e. The van der Waals surface area contributed by atoms with Gasteiger partial charge in [0.05, 0.1) is 24.3 Å². The van der Waals surface area contributed by atoms with Crippen molar-refractivity contribution in [2.24, 2.45) is 0 Å². The Hall–Kier alpha value is -4.87. The Morgan fingerprint density at radius 2 is 1.87 bits per heavy atom. The largest absolute Gasteiger partial charge is 0.507 e. The number of nitrogens with zero attached hydrogens (tertiary/aromatic N) is 4. The van der Waals surface area contributed by atoms with Gasteiger partial charge in [-0.2, -0.15) is 0 Å². The average Bonchev–Trinajstić information content (AvgIpc) is 3.63. The molecular weight excluding hydrogens is 507 g/mol. The molecule has 0 unspecified atom stereocenters. The molecule has 0 saturated carbocycles. The van der Waals surface area contributed by atoms with E-state index in [1.54, 1.807) is 42.2 Å². The number of amides is 2. The molecular formula is C27H27FN6O5. The number of piperazine rings is 1. The lowest BCUT2D eigenvalue weighted by Gasteiger charge is -2.36. The third kappa shape index (κ3) is 6.00. The van der Waals surface area contributed by atoms with Crippen LogP contribution in [0.1, 0.15) is 21.7 Å². The topological polar surface area (TPSA) is 137 Å². The fraction of sp³-hybridized carbons (Fsp3) is 0.259. The molecule has 4 aromatic rings. The molecule has 0 radical (unpaired) electrons. The average molecular weight is 535 g/mol. The van der Waals surface area contributed by atoms with E-state index in [0.29, 0.717) is 61.2 Å². The number of phenols is 1. The monoisotopic (exact) mass is 534 g/mol. The van der Waals surface area contributed by atoms with Crippen LogP contribution >= 0.6 is 0 Å². The van der Waals surface area contributed by atoms with Crippen LogP contribution in [0.25, 0.3) is 11.3 Å². The van der Waals surface area contributed by atoms with E-state index in [1.165, 1.54) is 24.5 Å². The van der Waals surface area contributed by atoms with E-state index < -0.39 is 11.7 Å². The Morgan fingerprint density at radius 3 is 2.59 bits per heavy atom. The lowest BCUT2D eigenvalue weighted by molar-refractivity contribution is -0.130. The molecule has 39 heavy (non-hydrogen) atoms. The number of phenolic OH excluding ortho intramolecular Hbond substituents is 1. The maximum absolute atomic E-state index is 15.1. The Bertz CT molecular complexity index is 1460. The summed E-state index contributed by atoms with van der Waals surface area (Å²) in [6, 6.07) is 13.0. The van der Waals surface area contributed by atoms with Crippen LogP contribution in [0.5, 0.6) is 5.75 Å². The Kier molecular flexibility index (Phi) is 7.43. The molecule has 2 aromatic carbocycles. The summed E-state index contributed by atoms with van der Waals surface area (Å²) in [4.78, 5) is 28.5. The molecule has 2 amide bonds. The Morgan fingerprint density at radius 1 is 1.05 bits per heavy atom. The summed E-state index contributed by atoms with van der Waals surface area (Å²) in [7, 11) is 0. The predicted molar refractivity (Wildman–Crippen MR) is 140 cm³/mol. The van der Waals surface area contributed by atoms with Gasteiger partial charge in [0, 0.05) is 43.9 Å². The van der Waals surface area contributed by atoms with Crippen molar-refractivity contribution in [2.75, 3.05) is 42.9 Å². The van der Waals surface area contributed by atoms with Crippen molar-refractivity contribution >= 4 is 23.3 Å². The van der Waals surface area contributed by atoms with E-state index in [0.717, 1.165) is 5.56 Å². The highest BCUT2D eigenvalue weighted by Gasteiger charge is 2.24. The first-order valence-electron chi connectivity index (χ1n) is 12.4.